The first kappa shape index (κ1) is 21.2. The lowest BCUT2D eigenvalue weighted by Gasteiger charge is -2.15. The number of aromatic nitrogens is 3. The number of allylic oxidation sites excluding steroid dienone is 1. The summed E-state index contributed by atoms with van der Waals surface area (Å²) in [7, 11) is 0. The summed E-state index contributed by atoms with van der Waals surface area (Å²) >= 11 is 0. The average molecular weight is 433 g/mol. The number of aryl methyl sites for hydroxylation is 5. The van der Waals surface area contributed by atoms with E-state index in [1.807, 2.05) is 13.8 Å². The molecule has 0 spiro atoms. The van der Waals surface area contributed by atoms with Crippen LogP contribution in [-0.2, 0) is 25.8 Å². The lowest BCUT2D eigenvalue weighted by Crippen LogP contribution is -2.07. The van der Waals surface area contributed by atoms with Crippen LogP contribution in [0.3, 0.4) is 0 Å². The van der Waals surface area contributed by atoms with E-state index in [1.54, 1.807) is 0 Å². The van der Waals surface area contributed by atoms with Crippen molar-refractivity contribution in [3.63, 3.8) is 0 Å². The molecule has 2 aromatic heterocycles. The maximum Gasteiger partial charge on any atom is 0.160 e. The lowest BCUT2D eigenvalue weighted by molar-refractivity contribution is 0.744. The molecule has 1 aliphatic carbocycles. The van der Waals surface area contributed by atoms with Gasteiger partial charge in [0.1, 0.15) is 11.3 Å². The summed E-state index contributed by atoms with van der Waals surface area (Å²) in [4.78, 5) is 9.73. The van der Waals surface area contributed by atoms with Gasteiger partial charge in [-0.1, -0.05) is 49.4 Å². The number of benzene rings is 2. The first-order valence-corrected chi connectivity index (χ1v) is 11.6. The highest BCUT2D eigenvalue weighted by molar-refractivity contribution is 5.87. The molecule has 2 aromatic carbocycles. The second-order valence-electron chi connectivity index (χ2n) is 8.98. The van der Waals surface area contributed by atoms with Crippen LogP contribution < -0.4 is 0 Å². The number of rotatable bonds is 3. The van der Waals surface area contributed by atoms with Crippen molar-refractivity contribution in [3.8, 4) is 6.07 Å². The molecular formula is C29H28N4. The van der Waals surface area contributed by atoms with Gasteiger partial charge in [0, 0.05) is 23.3 Å². The molecule has 0 fully saturated rings. The van der Waals surface area contributed by atoms with Crippen molar-refractivity contribution in [3.05, 3.63) is 99.0 Å². The minimum absolute atomic E-state index is 0.742. The molecule has 0 saturated carbocycles. The molecule has 5 rings (SSSR count). The van der Waals surface area contributed by atoms with Crippen LogP contribution in [-0.4, -0.2) is 14.5 Å². The fourth-order valence-corrected chi connectivity index (χ4v) is 5.12. The predicted octanol–water partition coefficient (Wildman–Crippen LogP) is 6.10. The van der Waals surface area contributed by atoms with Gasteiger partial charge in [-0.05, 0) is 73.1 Å². The number of hydrogen-bond donors (Lipinski definition) is 0. The summed E-state index contributed by atoms with van der Waals surface area (Å²) in [6.45, 7) is 8.97. The zero-order valence-electron chi connectivity index (χ0n) is 19.7. The van der Waals surface area contributed by atoms with Crippen molar-refractivity contribution in [1.29, 1.82) is 5.26 Å². The first-order valence-electron chi connectivity index (χ1n) is 11.6. The Morgan fingerprint density at radius 1 is 1.00 bits per heavy atom. The first-order chi connectivity index (χ1) is 16.0. The van der Waals surface area contributed by atoms with Crippen LogP contribution in [0.1, 0.15) is 58.7 Å². The Labute approximate surface area is 195 Å². The van der Waals surface area contributed by atoms with Gasteiger partial charge in [0.2, 0.25) is 0 Å². The molecule has 0 amide bonds. The quantitative estimate of drug-likeness (QED) is 0.367. The second-order valence-corrected chi connectivity index (χ2v) is 8.98. The van der Waals surface area contributed by atoms with E-state index in [0.29, 0.717) is 0 Å². The van der Waals surface area contributed by atoms with Crippen LogP contribution in [0.5, 0.6) is 0 Å². The summed E-state index contributed by atoms with van der Waals surface area (Å²) in [6.07, 6.45) is 2.80. The number of pyridine rings is 1. The van der Waals surface area contributed by atoms with E-state index in [1.165, 1.54) is 33.4 Å². The van der Waals surface area contributed by atoms with Gasteiger partial charge in [-0.3, -0.25) is 0 Å². The van der Waals surface area contributed by atoms with Crippen molar-refractivity contribution in [2.75, 3.05) is 0 Å². The van der Waals surface area contributed by atoms with Gasteiger partial charge in [0.25, 0.3) is 0 Å². The van der Waals surface area contributed by atoms with Crippen LogP contribution in [0.25, 0.3) is 16.7 Å². The van der Waals surface area contributed by atoms with E-state index in [-0.39, 0.29) is 0 Å². The highest BCUT2D eigenvalue weighted by Gasteiger charge is 2.21. The Morgan fingerprint density at radius 3 is 2.55 bits per heavy atom. The fraction of sp³-hybridized carbons (Fsp3) is 0.276. The molecular weight excluding hydrogens is 404 g/mol. The standard InChI is InChI=1S/C29H28N4/c1-5-26-32-28-18(2)14-20(4)31-29(28)33(26)17-21-10-13-25-23(15-21)12-11-22-8-6-7-9-24(22)27(25)19(3)16-30/h6-10,13-15H,5,11-12,17H2,1-4H3/b27-19+. The minimum atomic E-state index is 0.742. The molecule has 4 nitrogen and oxygen atoms in total. The number of hydrogen-bond acceptors (Lipinski definition) is 3. The van der Waals surface area contributed by atoms with E-state index in [4.69, 9.17) is 9.97 Å². The van der Waals surface area contributed by atoms with E-state index in [9.17, 15) is 5.26 Å². The van der Waals surface area contributed by atoms with E-state index in [2.05, 4.69) is 73.0 Å². The topological polar surface area (TPSA) is 54.5 Å². The van der Waals surface area contributed by atoms with Crippen LogP contribution in [0, 0.1) is 25.2 Å². The molecule has 0 bridgehead atoms. The average Bonchev–Trinajstić information content (AvgIpc) is 3.07. The fourth-order valence-electron chi connectivity index (χ4n) is 5.12. The van der Waals surface area contributed by atoms with Crippen LogP contribution in [0.15, 0.2) is 54.1 Å². The highest BCUT2D eigenvalue weighted by atomic mass is 15.1. The third kappa shape index (κ3) is 3.64. The van der Waals surface area contributed by atoms with Gasteiger partial charge in [-0.15, -0.1) is 0 Å². The molecule has 0 radical (unpaired) electrons. The van der Waals surface area contributed by atoms with Crippen molar-refractivity contribution >= 4 is 16.7 Å². The van der Waals surface area contributed by atoms with E-state index >= 15 is 0 Å². The molecule has 33 heavy (non-hydrogen) atoms. The summed E-state index contributed by atoms with van der Waals surface area (Å²) in [5, 5.41) is 9.73. The summed E-state index contributed by atoms with van der Waals surface area (Å²) in [6, 6.07) is 19.7. The maximum absolute atomic E-state index is 9.73. The summed E-state index contributed by atoms with van der Waals surface area (Å²) in [5.41, 5.74) is 12.2. The number of nitrogens with zero attached hydrogens (tertiary/aromatic N) is 4. The zero-order chi connectivity index (χ0) is 23.1. The van der Waals surface area contributed by atoms with Crippen molar-refractivity contribution in [2.24, 2.45) is 0 Å². The lowest BCUT2D eigenvalue weighted by atomic mass is 9.90. The Kier molecular flexibility index (Phi) is 5.34. The number of imidazole rings is 1. The molecule has 1 aliphatic rings. The van der Waals surface area contributed by atoms with Gasteiger partial charge in [0.15, 0.2) is 5.65 Å². The van der Waals surface area contributed by atoms with Crippen molar-refractivity contribution in [2.45, 2.75) is 53.5 Å². The molecule has 0 saturated heterocycles. The molecule has 0 N–H and O–H groups in total. The Balaban J connectivity index is 1.62. The molecule has 2 heterocycles. The normalized spacial score (nSPS) is 14.4. The monoisotopic (exact) mass is 432 g/mol. The number of nitriles is 1. The Bertz CT molecular complexity index is 1460. The SMILES string of the molecule is CCc1nc2c(C)cc(C)nc2n1Cc1ccc2c(c1)CCc1ccccc1/C2=C(/C)C#N. The third-order valence-corrected chi connectivity index (χ3v) is 6.69. The van der Waals surface area contributed by atoms with Crippen LogP contribution in [0.2, 0.25) is 0 Å². The summed E-state index contributed by atoms with van der Waals surface area (Å²) < 4.78 is 2.26. The van der Waals surface area contributed by atoms with Gasteiger partial charge in [-0.2, -0.15) is 5.26 Å². The summed E-state index contributed by atoms with van der Waals surface area (Å²) in [5.74, 6) is 1.06. The van der Waals surface area contributed by atoms with Gasteiger partial charge < -0.3 is 4.57 Å². The van der Waals surface area contributed by atoms with Gasteiger partial charge in [-0.25, -0.2) is 9.97 Å². The highest BCUT2D eigenvalue weighted by Crippen LogP contribution is 2.36. The molecule has 4 aromatic rings. The van der Waals surface area contributed by atoms with Gasteiger partial charge in [0.05, 0.1) is 12.6 Å². The van der Waals surface area contributed by atoms with Gasteiger partial charge >= 0.3 is 0 Å². The molecule has 0 aliphatic heterocycles. The number of fused-ring (bicyclic) bond motifs is 3. The minimum Gasteiger partial charge on any atom is -0.308 e. The van der Waals surface area contributed by atoms with E-state index < -0.39 is 0 Å². The largest absolute Gasteiger partial charge is 0.308 e. The zero-order valence-corrected chi connectivity index (χ0v) is 19.7. The van der Waals surface area contributed by atoms with Crippen molar-refractivity contribution in [1.82, 2.24) is 14.5 Å². The third-order valence-electron chi connectivity index (χ3n) is 6.69. The molecule has 0 unspecified atom stereocenters. The van der Waals surface area contributed by atoms with Crippen LogP contribution >= 0.6 is 0 Å². The predicted molar refractivity (Wildman–Crippen MR) is 133 cm³/mol. The van der Waals surface area contributed by atoms with Crippen LogP contribution in [0.4, 0.5) is 0 Å². The molecule has 4 heteroatoms. The van der Waals surface area contributed by atoms with E-state index in [0.717, 1.165) is 59.6 Å². The second kappa shape index (κ2) is 8.33. The smallest absolute Gasteiger partial charge is 0.160 e. The Hall–Kier alpha value is -3.71. The molecule has 0 atom stereocenters. The molecule has 164 valence electrons. The maximum atomic E-state index is 9.73. The van der Waals surface area contributed by atoms with Crippen molar-refractivity contribution < 1.29 is 0 Å². The Morgan fingerprint density at radius 2 is 1.76 bits per heavy atom.